The molecule has 0 unspecified atom stereocenters. The molecule has 3 aromatic rings. The number of anilines is 3. The first-order valence-corrected chi connectivity index (χ1v) is 8.03. The first kappa shape index (κ1) is 15.3. The van der Waals surface area contributed by atoms with Crippen molar-refractivity contribution in [3.05, 3.63) is 60.0 Å². The summed E-state index contributed by atoms with van der Waals surface area (Å²) in [4.78, 5) is 26.6. The summed E-state index contributed by atoms with van der Waals surface area (Å²) in [7, 11) is 1.80. The first-order chi connectivity index (χ1) is 12.1. The van der Waals surface area contributed by atoms with Gasteiger partial charge in [-0.2, -0.15) is 0 Å². The number of fused-ring (bicyclic) bond motifs is 1. The van der Waals surface area contributed by atoms with Crippen LogP contribution in [0.1, 0.15) is 11.3 Å². The zero-order chi connectivity index (χ0) is 17.4. The van der Waals surface area contributed by atoms with Gasteiger partial charge in [-0.3, -0.25) is 9.78 Å². The predicted octanol–water partition coefficient (Wildman–Crippen LogP) is 3.11. The van der Waals surface area contributed by atoms with E-state index in [-0.39, 0.29) is 5.91 Å². The molecule has 1 aromatic carbocycles. The van der Waals surface area contributed by atoms with Crippen LogP contribution in [0.4, 0.5) is 17.2 Å². The number of hydrogen-bond acceptors (Lipinski definition) is 5. The lowest BCUT2D eigenvalue weighted by Crippen LogP contribution is -2.20. The van der Waals surface area contributed by atoms with E-state index in [4.69, 9.17) is 0 Å². The second-order valence-electron chi connectivity index (χ2n) is 6.05. The Labute approximate surface area is 145 Å². The topological polar surface area (TPSA) is 71.0 Å². The van der Waals surface area contributed by atoms with Gasteiger partial charge in [-0.05, 0) is 42.8 Å². The van der Waals surface area contributed by atoms with Crippen LogP contribution in [0.15, 0.2) is 48.8 Å². The Morgan fingerprint density at radius 1 is 1.08 bits per heavy atom. The second kappa shape index (κ2) is 5.98. The summed E-state index contributed by atoms with van der Waals surface area (Å²) in [6.07, 6.45) is 3.89. The third-order valence-corrected chi connectivity index (χ3v) is 4.22. The lowest BCUT2D eigenvalue weighted by Gasteiger charge is -2.12. The Hall–Kier alpha value is -3.28. The molecular formula is C19H17N5O. The van der Waals surface area contributed by atoms with E-state index < -0.39 is 0 Å². The number of benzene rings is 1. The van der Waals surface area contributed by atoms with E-state index in [0.29, 0.717) is 12.2 Å². The standard InChI is InChI=1S/C19H17N5O/c1-12-9-17(23-19(21-12)13-5-7-20-8-6-13)22-15-3-4-16-14(10-15)11-18(25)24(16)2/h3-10H,11H2,1-2H3,(H,21,22,23). The Morgan fingerprint density at radius 2 is 1.88 bits per heavy atom. The average molecular weight is 331 g/mol. The van der Waals surface area contributed by atoms with Gasteiger partial charge in [0.15, 0.2) is 5.82 Å². The number of aromatic nitrogens is 3. The summed E-state index contributed by atoms with van der Waals surface area (Å²) in [6, 6.07) is 11.6. The molecular weight excluding hydrogens is 314 g/mol. The largest absolute Gasteiger partial charge is 0.340 e. The zero-order valence-corrected chi connectivity index (χ0v) is 14.0. The van der Waals surface area contributed by atoms with Crippen molar-refractivity contribution in [2.24, 2.45) is 0 Å². The molecule has 3 heterocycles. The quantitative estimate of drug-likeness (QED) is 0.798. The van der Waals surface area contributed by atoms with Gasteiger partial charge in [0, 0.05) is 48.1 Å². The van der Waals surface area contributed by atoms with Crippen LogP contribution in [0.5, 0.6) is 0 Å². The number of likely N-dealkylation sites (N-methyl/N-ethyl adjacent to an activating group) is 1. The highest BCUT2D eigenvalue weighted by molar-refractivity contribution is 6.01. The smallest absolute Gasteiger partial charge is 0.231 e. The minimum atomic E-state index is 0.116. The molecule has 0 saturated heterocycles. The van der Waals surface area contributed by atoms with Crippen LogP contribution in [-0.2, 0) is 11.2 Å². The molecule has 1 amide bonds. The lowest BCUT2D eigenvalue weighted by molar-refractivity contribution is -0.117. The van der Waals surface area contributed by atoms with Crippen molar-refractivity contribution >= 4 is 23.1 Å². The van der Waals surface area contributed by atoms with E-state index in [9.17, 15) is 4.79 Å². The van der Waals surface area contributed by atoms with Gasteiger partial charge in [-0.25, -0.2) is 9.97 Å². The molecule has 0 atom stereocenters. The molecule has 1 aliphatic heterocycles. The van der Waals surface area contributed by atoms with Gasteiger partial charge in [-0.1, -0.05) is 0 Å². The molecule has 6 nitrogen and oxygen atoms in total. The summed E-state index contributed by atoms with van der Waals surface area (Å²) in [5.74, 6) is 1.49. The maximum Gasteiger partial charge on any atom is 0.231 e. The molecule has 2 aromatic heterocycles. The van der Waals surface area contributed by atoms with Crippen molar-refractivity contribution < 1.29 is 4.79 Å². The number of hydrogen-bond donors (Lipinski definition) is 1. The van der Waals surface area contributed by atoms with Gasteiger partial charge < -0.3 is 10.2 Å². The maximum absolute atomic E-state index is 11.8. The maximum atomic E-state index is 11.8. The summed E-state index contributed by atoms with van der Waals surface area (Å²) in [6.45, 7) is 1.94. The number of aryl methyl sites for hydroxylation is 1. The van der Waals surface area contributed by atoms with Gasteiger partial charge in [-0.15, -0.1) is 0 Å². The van der Waals surface area contributed by atoms with Crippen LogP contribution in [0, 0.1) is 6.92 Å². The van der Waals surface area contributed by atoms with Crippen molar-refractivity contribution in [1.29, 1.82) is 0 Å². The van der Waals surface area contributed by atoms with Gasteiger partial charge in [0.25, 0.3) is 0 Å². The van der Waals surface area contributed by atoms with Gasteiger partial charge in [0.2, 0.25) is 5.91 Å². The molecule has 0 radical (unpaired) electrons. The van der Waals surface area contributed by atoms with E-state index >= 15 is 0 Å². The molecule has 0 spiro atoms. The van der Waals surface area contributed by atoms with Gasteiger partial charge >= 0.3 is 0 Å². The molecule has 0 bridgehead atoms. The van der Waals surface area contributed by atoms with E-state index in [1.54, 1.807) is 24.3 Å². The van der Waals surface area contributed by atoms with E-state index in [2.05, 4.69) is 20.3 Å². The molecule has 124 valence electrons. The molecule has 0 fully saturated rings. The fourth-order valence-corrected chi connectivity index (χ4v) is 2.96. The summed E-state index contributed by atoms with van der Waals surface area (Å²) >= 11 is 0. The number of carbonyl (C=O) groups excluding carboxylic acids is 1. The Balaban J connectivity index is 1.65. The number of rotatable bonds is 3. The van der Waals surface area contributed by atoms with Crippen LogP contribution >= 0.6 is 0 Å². The fraction of sp³-hybridized carbons (Fsp3) is 0.158. The summed E-state index contributed by atoms with van der Waals surface area (Å²) in [5.41, 5.74) is 4.69. The second-order valence-corrected chi connectivity index (χ2v) is 6.05. The van der Waals surface area contributed by atoms with E-state index in [1.165, 1.54) is 0 Å². The minimum absolute atomic E-state index is 0.116. The van der Waals surface area contributed by atoms with Crippen LogP contribution in [0.2, 0.25) is 0 Å². The van der Waals surface area contributed by atoms with Crippen LogP contribution in [0.3, 0.4) is 0 Å². The SMILES string of the molecule is Cc1cc(Nc2ccc3c(c2)CC(=O)N3C)nc(-c2ccncc2)n1. The molecule has 0 saturated carbocycles. The van der Waals surface area contributed by atoms with Crippen LogP contribution < -0.4 is 10.2 Å². The predicted molar refractivity (Wildman–Crippen MR) is 96.8 cm³/mol. The minimum Gasteiger partial charge on any atom is -0.340 e. The summed E-state index contributed by atoms with van der Waals surface area (Å²) in [5, 5.41) is 3.32. The summed E-state index contributed by atoms with van der Waals surface area (Å²) < 4.78 is 0. The molecule has 1 aliphatic rings. The monoisotopic (exact) mass is 331 g/mol. The third-order valence-electron chi connectivity index (χ3n) is 4.22. The van der Waals surface area contributed by atoms with Crippen LogP contribution in [0.25, 0.3) is 11.4 Å². The van der Waals surface area contributed by atoms with E-state index in [1.807, 2.05) is 43.3 Å². The highest BCUT2D eigenvalue weighted by atomic mass is 16.2. The zero-order valence-electron chi connectivity index (χ0n) is 14.0. The number of pyridine rings is 1. The number of nitrogens with zero attached hydrogens (tertiary/aromatic N) is 4. The Kier molecular flexibility index (Phi) is 3.65. The number of carbonyl (C=O) groups is 1. The van der Waals surface area contributed by atoms with E-state index in [0.717, 1.165) is 34.0 Å². The molecule has 1 N–H and O–H groups in total. The molecule has 4 rings (SSSR count). The Bertz CT molecular complexity index is 955. The highest BCUT2D eigenvalue weighted by Gasteiger charge is 2.23. The molecule has 6 heteroatoms. The molecule has 0 aliphatic carbocycles. The fourth-order valence-electron chi connectivity index (χ4n) is 2.96. The third kappa shape index (κ3) is 2.94. The van der Waals surface area contributed by atoms with Crippen molar-refractivity contribution in [3.63, 3.8) is 0 Å². The normalized spacial score (nSPS) is 13.0. The van der Waals surface area contributed by atoms with Crippen molar-refractivity contribution in [2.45, 2.75) is 13.3 Å². The number of nitrogens with one attached hydrogen (secondary N) is 1. The van der Waals surface area contributed by atoms with Gasteiger partial charge in [0.05, 0.1) is 6.42 Å². The van der Waals surface area contributed by atoms with Gasteiger partial charge in [0.1, 0.15) is 5.82 Å². The molecule has 25 heavy (non-hydrogen) atoms. The van der Waals surface area contributed by atoms with Crippen molar-refractivity contribution in [1.82, 2.24) is 15.0 Å². The van der Waals surface area contributed by atoms with Crippen molar-refractivity contribution in [3.8, 4) is 11.4 Å². The lowest BCUT2D eigenvalue weighted by atomic mass is 10.1. The highest BCUT2D eigenvalue weighted by Crippen LogP contribution is 2.31. The van der Waals surface area contributed by atoms with Crippen LogP contribution in [-0.4, -0.2) is 27.9 Å². The first-order valence-electron chi connectivity index (χ1n) is 8.03. The number of amides is 1. The van der Waals surface area contributed by atoms with Crippen molar-refractivity contribution in [2.75, 3.05) is 17.3 Å². The Morgan fingerprint density at radius 3 is 2.68 bits per heavy atom. The average Bonchev–Trinajstić information content (AvgIpc) is 2.89.